The first-order chi connectivity index (χ1) is 12.2. The summed E-state index contributed by atoms with van der Waals surface area (Å²) in [4.78, 5) is 21.0. The molecule has 0 radical (unpaired) electrons. The van der Waals surface area contributed by atoms with Crippen molar-refractivity contribution in [3.63, 3.8) is 0 Å². The monoisotopic (exact) mass is 351 g/mol. The minimum atomic E-state index is -0.223. The van der Waals surface area contributed by atoms with Crippen molar-refractivity contribution >= 4 is 29.0 Å². The lowest BCUT2D eigenvalue weighted by atomic mass is 10.2. The Hall–Kier alpha value is -2.99. The van der Waals surface area contributed by atoms with Gasteiger partial charge >= 0.3 is 0 Å². The molecule has 0 aliphatic heterocycles. The van der Waals surface area contributed by atoms with Crippen LogP contribution in [-0.2, 0) is 11.2 Å². The first-order valence-electron chi connectivity index (χ1n) is 7.83. The maximum Gasteiger partial charge on any atom is 0.248 e. The number of hydrogen-bond acceptors (Lipinski definition) is 5. The highest BCUT2D eigenvalue weighted by Crippen LogP contribution is 2.21. The predicted molar refractivity (Wildman–Crippen MR) is 99.9 cm³/mol. The predicted octanol–water partition coefficient (Wildman–Crippen LogP) is 4.54. The molecule has 3 rings (SSSR count). The Bertz CT molecular complexity index is 859. The third-order valence-corrected chi connectivity index (χ3v) is 4.12. The quantitative estimate of drug-likeness (QED) is 0.662. The Morgan fingerprint density at radius 1 is 1.28 bits per heavy atom. The molecule has 0 aliphatic carbocycles. The molecule has 0 spiro atoms. The van der Waals surface area contributed by atoms with E-state index in [1.165, 1.54) is 23.0 Å². The standard InChI is InChI=1S/C19H17N3O2S/c1-2-14-4-3-5-16(10-14)24-19-9-6-15(11-21-19)22-18(23)8-7-17-12-20-13-25-17/h3-13H,2H2,1H3,(H,22,23)/b8-7+. The zero-order chi connectivity index (χ0) is 17.5. The van der Waals surface area contributed by atoms with E-state index >= 15 is 0 Å². The van der Waals surface area contributed by atoms with Gasteiger partial charge in [-0.3, -0.25) is 9.78 Å². The third-order valence-electron chi connectivity index (χ3n) is 3.38. The topological polar surface area (TPSA) is 64.1 Å². The van der Waals surface area contributed by atoms with Crippen LogP contribution in [0.2, 0.25) is 0 Å². The van der Waals surface area contributed by atoms with Gasteiger partial charge in [-0.1, -0.05) is 19.1 Å². The number of aryl methyl sites for hydroxylation is 1. The number of pyridine rings is 1. The van der Waals surface area contributed by atoms with Crippen LogP contribution in [-0.4, -0.2) is 15.9 Å². The second-order valence-corrected chi connectivity index (χ2v) is 6.13. The molecule has 6 heteroatoms. The lowest BCUT2D eigenvalue weighted by molar-refractivity contribution is -0.111. The fourth-order valence-corrected chi connectivity index (χ4v) is 2.63. The van der Waals surface area contributed by atoms with Crippen molar-refractivity contribution in [2.75, 3.05) is 5.32 Å². The lowest BCUT2D eigenvalue weighted by Gasteiger charge is -2.07. The number of anilines is 1. The third kappa shape index (κ3) is 4.99. The molecular formula is C19H17N3O2S. The molecule has 25 heavy (non-hydrogen) atoms. The Morgan fingerprint density at radius 3 is 2.92 bits per heavy atom. The van der Waals surface area contributed by atoms with Gasteiger partial charge in [-0.25, -0.2) is 4.98 Å². The Balaban J connectivity index is 1.59. The van der Waals surface area contributed by atoms with E-state index in [-0.39, 0.29) is 5.91 Å². The molecule has 0 fully saturated rings. The maximum atomic E-state index is 11.9. The summed E-state index contributed by atoms with van der Waals surface area (Å²) in [6.07, 6.45) is 7.41. The Kier molecular flexibility index (Phi) is 5.53. The van der Waals surface area contributed by atoms with Gasteiger partial charge < -0.3 is 10.1 Å². The lowest BCUT2D eigenvalue weighted by Crippen LogP contribution is -2.07. The smallest absolute Gasteiger partial charge is 0.248 e. The summed E-state index contributed by atoms with van der Waals surface area (Å²) in [5, 5.41) is 2.75. The number of benzene rings is 1. The Morgan fingerprint density at radius 2 is 2.20 bits per heavy atom. The maximum absolute atomic E-state index is 11.9. The fraction of sp³-hybridized carbons (Fsp3) is 0.105. The molecule has 0 atom stereocenters. The summed E-state index contributed by atoms with van der Waals surface area (Å²) in [6.45, 7) is 2.10. The number of aromatic nitrogens is 2. The van der Waals surface area contributed by atoms with Crippen LogP contribution in [0.15, 0.2) is 60.4 Å². The molecule has 2 aromatic heterocycles. The minimum absolute atomic E-state index is 0.223. The van der Waals surface area contributed by atoms with Crippen molar-refractivity contribution in [2.45, 2.75) is 13.3 Å². The molecular weight excluding hydrogens is 334 g/mol. The molecule has 3 aromatic rings. The van der Waals surface area contributed by atoms with E-state index in [9.17, 15) is 4.79 Å². The molecule has 0 bridgehead atoms. The summed E-state index contributed by atoms with van der Waals surface area (Å²) < 4.78 is 5.73. The van der Waals surface area contributed by atoms with E-state index in [2.05, 4.69) is 28.3 Å². The van der Waals surface area contributed by atoms with Crippen LogP contribution in [0.25, 0.3) is 6.08 Å². The summed E-state index contributed by atoms with van der Waals surface area (Å²) in [6, 6.07) is 11.4. The van der Waals surface area contributed by atoms with Crippen molar-refractivity contribution in [2.24, 2.45) is 0 Å². The first-order valence-corrected chi connectivity index (χ1v) is 8.71. The number of carbonyl (C=O) groups excluding carboxylic acids is 1. The number of hydrogen-bond donors (Lipinski definition) is 1. The minimum Gasteiger partial charge on any atom is -0.439 e. The van der Waals surface area contributed by atoms with E-state index in [1.807, 2.05) is 18.2 Å². The molecule has 1 aromatic carbocycles. The molecule has 0 saturated carbocycles. The van der Waals surface area contributed by atoms with Crippen molar-refractivity contribution in [1.29, 1.82) is 0 Å². The van der Waals surface area contributed by atoms with Crippen LogP contribution in [0.1, 0.15) is 17.4 Å². The largest absolute Gasteiger partial charge is 0.439 e. The van der Waals surface area contributed by atoms with Crippen LogP contribution in [0.4, 0.5) is 5.69 Å². The number of rotatable bonds is 6. The van der Waals surface area contributed by atoms with Crippen LogP contribution in [0.3, 0.4) is 0 Å². The van der Waals surface area contributed by atoms with Gasteiger partial charge in [-0.05, 0) is 36.3 Å². The van der Waals surface area contributed by atoms with Crippen molar-refractivity contribution < 1.29 is 9.53 Å². The van der Waals surface area contributed by atoms with Gasteiger partial charge in [0.25, 0.3) is 0 Å². The molecule has 1 N–H and O–H groups in total. The van der Waals surface area contributed by atoms with Gasteiger partial charge in [-0.15, -0.1) is 11.3 Å². The summed E-state index contributed by atoms with van der Waals surface area (Å²) in [5.74, 6) is 1.00. The van der Waals surface area contributed by atoms with Crippen LogP contribution < -0.4 is 10.1 Å². The number of carbonyl (C=O) groups is 1. The van der Waals surface area contributed by atoms with E-state index in [4.69, 9.17) is 4.74 Å². The number of nitrogens with one attached hydrogen (secondary N) is 1. The number of thiazole rings is 1. The van der Waals surface area contributed by atoms with Crippen molar-refractivity contribution in [3.8, 4) is 11.6 Å². The molecule has 126 valence electrons. The zero-order valence-electron chi connectivity index (χ0n) is 13.7. The molecule has 0 saturated heterocycles. The number of ether oxygens (including phenoxy) is 1. The van der Waals surface area contributed by atoms with Crippen molar-refractivity contribution in [3.05, 3.63) is 70.8 Å². The fourth-order valence-electron chi connectivity index (χ4n) is 2.11. The first kappa shape index (κ1) is 16.9. The van der Waals surface area contributed by atoms with Crippen LogP contribution in [0.5, 0.6) is 11.6 Å². The molecule has 2 heterocycles. The van der Waals surface area contributed by atoms with Gasteiger partial charge in [0, 0.05) is 23.2 Å². The second-order valence-electron chi connectivity index (χ2n) is 5.21. The van der Waals surface area contributed by atoms with E-state index in [0.29, 0.717) is 11.6 Å². The van der Waals surface area contributed by atoms with Gasteiger partial charge in [0.1, 0.15) is 5.75 Å². The molecule has 1 amide bonds. The normalized spacial score (nSPS) is 10.8. The highest BCUT2D eigenvalue weighted by molar-refractivity contribution is 7.10. The van der Waals surface area contributed by atoms with E-state index < -0.39 is 0 Å². The Labute approximate surface area is 150 Å². The van der Waals surface area contributed by atoms with E-state index in [0.717, 1.165) is 17.0 Å². The summed E-state index contributed by atoms with van der Waals surface area (Å²) in [7, 11) is 0. The average molecular weight is 351 g/mol. The van der Waals surface area contributed by atoms with Crippen LogP contribution in [0, 0.1) is 0 Å². The van der Waals surface area contributed by atoms with Gasteiger partial charge in [-0.2, -0.15) is 0 Å². The summed E-state index contributed by atoms with van der Waals surface area (Å²) in [5.41, 5.74) is 3.53. The highest BCUT2D eigenvalue weighted by Gasteiger charge is 2.02. The van der Waals surface area contributed by atoms with Gasteiger partial charge in [0.05, 0.1) is 17.4 Å². The average Bonchev–Trinajstić information content (AvgIpc) is 3.15. The number of amides is 1. The second kappa shape index (κ2) is 8.21. The summed E-state index contributed by atoms with van der Waals surface area (Å²) >= 11 is 1.47. The molecule has 0 unspecified atom stereocenters. The van der Waals surface area contributed by atoms with E-state index in [1.54, 1.807) is 36.1 Å². The van der Waals surface area contributed by atoms with Gasteiger partial charge in [0.15, 0.2) is 0 Å². The SMILES string of the molecule is CCc1cccc(Oc2ccc(NC(=O)/C=C/c3cncs3)cn2)c1. The van der Waals surface area contributed by atoms with Crippen LogP contribution >= 0.6 is 11.3 Å². The molecule has 5 nitrogen and oxygen atoms in total. The van der Waals surface area contributed by atoms with Crippen molar-refractivity contribution in [1.82, 2.24) is 9.97 Å². The van der Waals surface area contributed by atoms with Gasteiger partial charge in [0.2, 0.25) is 11.8 Å². The highest BCUT2D eigenvalue weighted by atomic mass is 32.1. The number of nitrogens with zero attached hydrogens (tertiary/aromatic N) is 2. The zero-order valence-corrected chi connectivity index (χ0v) is 14.5. The molecule has 0 aliphatic rings.